The molecule has 0 radical (unpaired) electrons. The maximum atomic E-state index is 12.7. The van der Waals surface area contributed by atoms with Gasteiger partial charge in [0.25, 0.3) is 0 Å². The molecular weight excluding hydrogens is 350 g/mol. The number of piperidine rings is 1. The number of rotatable bonds is 6. The van der Waals surface area contributed by atoms with Crippen molar-refractivity contribution in [3.63, 3.8) is 0 Å². The highest BCUT2D eigenvalue weighted by Crippen LogP contribution is 2.21. The number of aromatic nitrogens is 2. The summed E-state index contributed by atoms with van der Waals surface area (Å²) in [4.78, 5) is 25.8. The summed E-state index contributed by atoms with van der Waals surface area (Å²) in [7, 11) is 0. The minimum absolute atomic E-state index is 0.00481. The minimum Gasteiger partial charge on any atom is -0.355 e. The average Bonchev–Trinajstić information content (AvgIpc) is 3.27. The third kappa shape index (κ3) is 4.87. The molecule has 28 heavy (non-hydrogen) atoms. The summed E-state index contributed by atoms with van der Waals surface area (Å²) in [5, 5.41) is 3.12. The van der Waals surface area contributed by atoms with Crippen molar-refractivity contribution in [2.45, 2.75) is 38.8 Å². The lowest BCUT2D eigenvalue weighted by Gasteiger charge is -2.32. The Bertz CT molecular complexity index is 758. The molecule has 2 aromatic rings. The molecule has 1 amide bonds. The van der Waals surface area contributed by atoms with E-state index in [4.69, 9.17) is 0 Å². The summed E-state index contributed by atoms with van der Waals surface area (Å²) in [5.41, 5.74) is 2.50. The highest BCUT2D eigenvalue weighted by Gasteiger charge is 2.26. The molecule has 2 aliphatic rings. The van der Waals surface area contributed by atoms with Crippen LogP contribution in [0, 0.1) is 5.92 Å². The first-order chi connectivity index (χ1) is 13.8. The molecule has 1 aromatic heterocycles. The summed E-state index contributed by atoms with van der Waals surface area (Å²) >= 11 is 0. The minimum atomic E-state index is 0.00481. The standard InChI is InChI=1S/C22H29N5O/c28-22(20-4-3-13-27(17-20)21-15-23-9-10-24-21)25-14-18-5-7-19(8-6-18)16-26-11-1-2-12-26/h5-10,15,20H,1-4,11-14,16-17H2,(H,25,28)/t20-/m0/s1. The first kappa shape index (κ1) is 18.9. The molecule has 4 rings (SSSR count). The number of amides is 1. The van der Waals surface area contributed by atoms with Crippen LogP contribution in [0.1, 0.15) is 36.8 Å². The Morgan fingerprint density at radius 2 is 1.82 bits per heavy atom. The van der Waals surface area contributed by atoms with Crippen molar-refractivity contribution in [1.82, 2.24) is 20.2 Å². The molecule has 6 heteroatoms. The highest BCUT2D eigenvalue weighted by atomic mass is 16.1. The Labute approximate surface area is 167 Å². The normalized spacial score (nSPS) is 20.3. The smallest absolute Gasteiger partial charge is 0.225 e. The summed E-state index contributed by atoms with van der Waals surface area (Å²) in [6.07, 6.45) is 9.71. The van der Waals surface area contributed by atoms with Crippen molar-refractivity contribution < 1.29 is 4.79 Å². The third-order valence-corrected chi connectivity index (χ3v) is 5.76. The van der Waals surface area contributed by atoms with Crippen molar-refractivity contribution in [3.05, 3.63) is 54.0 Å². The van der Waals surface area contributed by atoms with Gasteiger partial charge in [-0.25, -0.2) is 4.98 Å². The fourth-order valence-corrected chi connectivity index (χ4v) is 4.15. The lowest BCUT2D eigenvalue weighted by Crippen LogP contribution is -2.43. The van der Waals surface area contributed by atoms with Crippen molar-refractivity contribution in [3.8, 4) is 0 Å². The fraction of sp³-hybridized carbons (Fsp3) is 0.500. The lowest BCUT2D eigenvalue weighted by molar-refractivity contribution is -0.125. The number of anilines is 1. The van der Waals surface area contributed by atoms with Crippen LogP contribution in [0.25, 0.3) is 0 Å². The van der Waals surface area contributed by atoms with Crippen LogP contribution in [0.15, 0.2) is 42.9 Å². The van der Waals surface area contributed by atoms with Crippen LogP contribution in [-0.4, -0.2) is 47.0 Å². The van der Waals surface area contributed by atoms with Gasteiger partial charge >= 0.3 is 0 Å². The van der Waals surface area contributed by atoms with Crippen LogP contribution in [0.2, 0.25) is 0 Å². The number of hydrogen-bond acceptors (Lipinski definition) is 5. The maximum Gasteiger partial charge on any atom is 0.225 e. The van der Waals surface area contributed by atoms with E-state index in [2.05, 4.69) is 49.4 Å². The van der Waals surface area contributed by atoms with E-state index >= 15 is 0 Å². The topological polar surface area (TPSA) is 61.4 Å². The van der Waals surface area contributed by atoms with Crippen molar-refractivity contribution in [2.75, 3.05) is 31.1 Å². The van der Waals surface area contributed by atoms with Crippen molar-refractivity contribution in [1.29, 1.82) is 0 Å². The molecule has 0 unspecified atom stereocenters. The molecule has 2 saturated heterocycles. The molecule has 2 fully saturated rings. The summed E-state index contributed by atoms with van der Waals surface area (Å²) in [6, 6.07) is 8.66. The first-order valence-corrected chi connectivity index (χ1v) is 10.4. The van der Waals surface area contributed by atoms with E-state index in [1.54, 1.807) is 18.6 Å². The fourth-order valence-electron chi connectivity index (χ4n) is 4.15. The molecule has 1 atom stereocenters. The van der Waals surface area contributed by atoms with Gasteiger partial charge in [-0.15, -0.1) is 0 Å². The van der Waals surface area contributed by atoms with Gasteiger partial charge in [-0.3, -0.25) is 14.7 Å². The quantitative estimate of drug-likeness (QED) is 0.836. The number of benzene rings is 1. The SMILES string of the molecule is O=C(NCc1ccc(CN2CCCC2)cc1)[C@H]1CCCN(c2cnccn2)C1. The Morgan fingerprint density at radius 1 is 1.04 bits per heavy atom. The summed E-state index contributed by atoms with van der Waals surface area (Å²) in [6.45, 7) is 5.69. The zero-order valence-electron chi connectivity index (χ0n) is 16.4. The van der Waals surface area contributed by atoms with Gasteiger partial charge in [-0.05, 0) is 49.9 Å². The molecule has 0 aliphatic carbocycles. The second-order valence-corrected chi connectivity index (χ2v) is 7.87. The molecule has 0 saturated carbocycles. The van der Waals surface area contributed by atoms with Gasteiger partial charge in [0.2, 0.25) is 5.91 Å². The molecule has 1 N–H and O–H groups in total. The molecule has 0 spiro atoms. The van der Waals surface area contributed by atoms with Gasteiger partial charge in [0, 0.05) is 38.6 Å². The van der Waals surface area contributed by atoms with E-state index in [1.165, 1.54) is 31.5 Å². The Balaban J connectivity index is 1.26. The van der Waals surface area contributed by atoms with Gasteiger partial charge in [-0.1, -0.05) is 24.3 Å². The molecule has 0 bridgehead atoms. The number of likely N-dealkylation sites (tertiary alicyclic amines) is 1. The van der Waals surface area contributed by atoms with Crippen LogP contribution >= 0.6 is 0 Å². The van der Waals surface area contributed by atoms with E-state index in [9.17, 15) is 4.79 Å². The third-order valence-electron chi connectivity index (χ3n) is 5.76. The van der Waals surface area contributed by atoms with Crippen molar-refractivity contribution >= 4 is 11.7 Å². The predicted octanol–water partition coefficient (Wildman–Crippen LogP) is 2.61. The number of hydrogen-bond donors (Lipinski definition) is 1. The van der Waals surface area contributed by atoms with Gasteiger partial charge in [-0.2, -0.15) is 0 Å². The Morgan fingerprint density at radius 3 is 2.57 bits per heavy atom. The Kier molecular flexibility index (Phi) is 6.17. The van der Waals surface area contributed by atoms with Gasteiger partial charge in [0.15, 0.2) is 0 Å². The summed E-state index contributed by atoms with van der Waals surface area (Å²) < 4.78 is 0. The average molecular weight is 380 g/mol. The number of nitrogens with one attached hydrogen (secondary N) is 1. The molecule has 1 aromatic carbocycles. The first-order valence-electron chi connectivity index (χ1n) is 10.4. The van der Waals surface area contributed by atoms with Crippen LogP contribution < -0.4 is 10.2 Å². The van der Waals surface area contributed by atoms with E-state index in [-0.39, 0.29) is 11.8 Å². The van der Waals surface area contributed by atoms with Crippen LogP contribution in [0.5, 0.6) is 0 Å². The predicted molar refractivity (Wildman–Crippen MR) is 110 cm³/mol. The van der Waals surface area contributed by atoms with E-state index in [0.717, 1.165) is 37.3 Å². The highest BCUT2D eigenvalue weighted by molar-refractivity contribution is 5.79. The largest absolute Gasteiger partial charge is 0.355 e. The van der Waals surface area contributed by atoms with Crippen LogP contribution in [-0.2, 0) is 17.9 Å². The maximum absolute atomic E-state index is 12.7. The Hall–Kier alpha value is -2.47. The molecular formula is C22H29N5O. The van der Waals surface area contributed by atoms with E-state index in [1.807, 2.05) is 0 Å². The zero-order valence-corrected chi connectivity index (χ0v) is 16.4. The van der Waals surface area contributed by atoms with E-state index in [0.29, 0.717) is 13.1 Å². The number of nitrogens with zero attached hydrogens (tertiary/aromatic N) is 4. The van der Waals surface area contributed by atoms with Gasteiger partial charge < -0.3 is 10.2 Å². The van der Waals surface area contributed by atoms with E-state index < -0.39 is 0 Å². The molecule has 6 nitrogen and oxygen atoms in total. The van der Waals surface area contributed by atoms with Gasteiger partial charge in [0.05, 0.1) is 12.1 Å². The lowest BCUT2D eigenvalue weighted by atomic mass is 9.97. The van der Waals surface area contributed by atoms with Gasteiger partial charge in [0.1, 0.15) is 5.82 Å². The van der Waals surface area contributed by atoms with Crippen LogP contribution in [0.3, 0.4) is 0 Å². The molecule has 3 heterocycles. The van der Waals surface area contributed by atoms with Crippen LogP contribution in [0.4, 0.5) is 5.82 Å². The number of carbonyl (C=O) groups is 1. The zero-order chi connectivity index (χ0) is 19.2. The monoisotopic (exact) mass is 379 g/mol. The molecule has 148 valence electrons. The second-order valence-electron chi connectivity index (χ2n) is 7.87. The molecule has 2 aliphatic heterocycles. The summed E-state index contributed by atoms with van der Waals surface area (Å²) in [5.74, 6) is 0.994. The second kappa shape index (κ2) is 9.15. The number of carbonyl (C=O) groups excluding carboxylic acids is 1. The van der Waals surface area contributed by atoms with Crippen molar-refractivity contribution in [2.24, 2.45) is 5.92 Å².